The first kappa shape index (κ1) is 19.3. The summed E-state index contributed by atoms with van der Waals surface area (Å²) >= 11 is 0. The number of aliphatic imine (C=N–C) groups is 1. The first-order chi connectivity index (χ1) is 12.7. The molecule has 5 rings (SSSR count). The van der Waals surface area contributed by atoms with E-state index in [0.29, 0.717) is 30.0 Å². The van der Waals surface area contributed by atoms with Crippen LogP contribution in [0.15, 0.2) is 4.99 Å². The van der Waals surface area contributed by atoms with E-state index in [1.54, 1.807) is 0 Å². The Morgan fingerprint density at radius 2 is 1.70 bits per heavy atom. The lowest BCUT2D eigenvalue weighted by Gasteiger charge is -2.27. The molecule has 0 aromatic carbocycles. The maximum atomic E-state index is 7.97. The minimum Gasteiger partial charge on any atom is -0.387 e. The van der Waals surface area contributed by atoms with Crippen molar-refractivity contribution in [3.05, 3.63) is 0 Å². The Kier molecular flexibility index (Phi) is 4.48. The van der Waals surface area contributed by atoms with Crippen LogP contribution in [0.3, 0.4) is 0 Å². The van der Waals surface area contributed by atoms with Crippen LogP contribution in [-0.4, -0.2) is 46.8 Å². The number of epoxide rings is 3. The molecule has 3 saturated heterocycles. The molecule has 5 aliphatic rings. The molecular weight excluding hydrogens is 342 g/mol. The van der Waals surface area contributed by atoms with E-state index in [1.165, 1.54) is 0 Å². The third kappa shape index (κ3) is 3.34. The summed E-state index contributed by atoms with van der Waals surface area (Å²) in [6.45, 7) is 10.5. The molecule has 4 fully saturated rings. The number of ether oxygens (including phenoxy) is 3. The molecule has 7 atom stereocenters. The van der Waals surface area contributed by atoms with Gasteiger partial charge in [-0.25, -0.2) is 4.99 Å². The normalized spacial score (nSPS) is 48.0. The number of rotatable bonds is 6. The van der Waals surface area contributed by atoms with Crippen molar-refractivity contribution in [2.45, 2.75) is 108 Å². The molecule has 27 heavy (non-hydrogen) atoms. The van der Waals surface area contributed by atoms with Crippen molar-refractivity contribution in [3.8, 4) is 0 Å². The van der Waals surface area contributed by atoms with Crippen molar-refractivity contribution in [2.24, 2.45) is 22.6 Å². The third-order valence-corrected chi connectivity index (χ3v) is 7.34. The number of nitrogens with one attached hydrogen (secondary N) is 1. The van der Waals surface area contributed by atoms with E-state index in [1.807, 2.05) is 13.8 Å². The lowest BCUT2D eigenvalue weighted by molar-refractivity contribution is 0.239. The molecule has 7 unspecified atom stereocenters. The number of nitrogens with zero attached hydrogens (tertiary/aromatic N) is 1. The smallest absolute Gasteiger partial charge is 0.126 e. The molecule has 0 radical (unpaired) electrons. The first-order valence-electron chi connectivity index (χ1n) is 10.7. The number of fused-ring (bicyclic) bond motifs is 2. The molecule has 0 spiro atoms. The van der Waals surface area contributed by atoms with Crippen molar-refractivity contribution in [1.29, 1.82) is 5.41 Å². The summed E-state index contributed by atoms with van der Waals surface area (Å²) in [7, 11) is 0. The summed E-state index contributed by atoms with van der Waals surface area (Å²) in [6.07, 6.45) is 7.12. The third-order valence-electron chi connectivity index (χ3n) is 7.34. The molecule has 4 heterocycles. The zero-order valence-corrected chi connectivity index (χ0v) is 17.4. The average Bonchev–Trinajstić information content (AvgIpc) is 3.55. The van der Waals surface area contributed by atoms with Gasteiger partial charge in [-0.05, 0) is 59.3 Å². The quantitative estimate of drug-likeness (QED) is 0.693. The lowest BCUT2D eigenvalue weighted by Crippen LogP contribution is -2.37. The van der Waals surface area contributed by atoms with Gasteiger partial charge in [0.15, 0.2) is 0 Å². The molecule has 0 bridgehead atoms. The SMILES string of the molecule is CC.CC1(C)OC1CCC1(C)OC1CCC12CC3C(N)=NC(=N)C3CC1O2. The van der Waals surface area contributed by atoms with E-state index >= 15 is 0 Å². The second kappa shape index (κ2) is 6.26. The monoisotopic (exact) mass is 377 g/mol. The van der Waals surface area contributed by atoms with Crippen LogP contribution in [0.1, 0.15) is 73.1 Å². The molecule has 152 valence electrons. The molecule has 1 aliphatic carbocycles. The lowest BCUT2D eigenvalue weighted by atomic mass is 9.72. The van der Waals surface area contributed by atoms with E-state index in [9.17, 15) is 0 Å². The predicted octanol–water partition coefficient (Wildman–Crippen LogP) is 3.42. The Hall–Kier alpha value is -0.980. The summed E-state index contributed by atoms with van der Waals surface area (Å²) in [5.41, 5.74) is 6.11. The maximum absolute atomic E-state index is 7.97. The first-order valence-corrected chi connectivity index (χ1v) is 10.7. The Morgan fingerprint density at radius 1 is 1.04 bits per heavy atom. The van der Waals surface area contributed by atoms with Crippen LogP contribution in [0.4, 0.5) is 0 Å². The van der Waals surface area contributed by atoms with Crippen molar-refractivity contribution in [1.82, 2.24) is 0 Å². The summed E-state index contributed by atoms with van der Waals surface area (Å²) in [4.78, 5) is 4.19. The Morgan fingerprint density at radius 3 is 2.37 bits per heavy atom. The molecule has 0 aromatic rings. The van der Waals surface area contributed by atoms with Gasteiger partial charge in [-0.3, -0.25) is 5.41 Å². The highest BCUT2D eigenvalue weighted by Gasteiger charge is 2.64. The van der Waals surface area contributed by atoms with Crippen LogP contribution < -0.4 is 5.73 Å². The molecule has 1 saturated carbocycles. The second-order valence-corrected chi connectivity index (χ2v) is 9.45. The second-order valence-electron chi connectivity index (χ2n) is 9.45. The number of hydrogen-bond donors (Lipinski definition) is 2. The van der Waals surface area contributed by atoms with Crippen LogP contribution in [0.25, 0.3) is 0 Å². The standard InChI is InChI=1S/C19H29N3O3.C2H6/c1-17(2)12(23-17)4-6-18(3)13(24-18)5-7-19-9-11-10(8-14(19)25-19)15(20)22-16(11)21;1-2/h10-14H,4-9H2,1-3H3,(H3,20,21,22);1-2H3. The number of hydrogen-bond acceptors (Lipinski definition) is 5. The maximum Gasteiger partial charge on any atom is 0.126 e. The van der Waals surface area contributed by atoms with Gasteiger partial charge in [-0.15, -0.1) is 0 Å². The van der Waals surface area contributed by atoms with Crippen LogP contribution >= 0.6 is 0 Å². The van der Waals surface area contributed by atoms with E-state index in [-0.39, 0.29) is 28.6 Å². The fourth-order valence-corrected chi connectivity index (χ4v) is 5.25. The van der Waals surface area contributed by atoms with E-state index in [2.05, 4.69) is 25.8 Å². The van der Waals surface area contributed by atoms with Gasteiger partial charge in [0.2, 0.25) is 0 Å². The predicted molar refractivity (Wildman–Crippen MR) is 105 cm³/mol. The molecule has 6 heteroatoms. The highest BCUT2D eigenvalue weighted by molar-refractivity contribution is 6.05. The van der Waals surface area contributed by atoms with Gasteiger partial charge in [-0.2, -0.15) is 0 Å². The highest BCUT2D eigenvalue weighted by Crippen LogP contribution is 2.57. The molecule has 6 nitrogen and oxygen atoms in total. The zero-order valence-electron chi connectivity index (χ0n) is 17.4. The van der Waals surface area contributed by atoms with Gasteiger partial charge in [0, 0.05) is 11.8 Å². The van der Waals surface area contributed by atoms with E-state index in [4.69, 9.17) is 25.4 Å². The van der Waals surface area contributed by atoms with Gasteiger partial charge < -0.3 is 19.9 Å². The van der Waals surface area contributed by atoms with Gasteiger partial charge in [-0.1, -0.05) is 13.8 Å². The van der Waals surface area contributed by atoms with E-state index < -0.39 is 0 Å². The summed E-state index contributed by atoms with van der Waals surface area (Å²) in [6, 6.07) is 0. The van der Waals surface area contributed by atoms with Gasteiger partial charge in [0.05, 0.1) is 35.1 Å². The minimum absolute atomic E-state index is 0.0240. The molecule has 3 N–H and O–H groups in total. The van der Waals surface area contributed by atoms with Crippen LogP contribution in [0.5, 0.6) is 0 Å². The van der Waals surface area contributed by atoms with Crippen LogP contribution in [-0.2, 0) is 14.2 Å². The van der Waals surface area contributed by atoms with Crippen LogP contribution in [0.2, 0.25) is 0 Å². The van der Waals surface area contributed by atoms with Crippen molar-refractivity contribution < 1.29 is 14.2 Å². The van der Waals surface area contributed by atoms with Crippen molar-refractivity contribution in [3.63, 3.8) is 0 Å². The Labute approximate surface area is 162 Å². The van der Waals surface area contributed by atoms with Crippen molar-refractivity contribution >= 4 is 11.7 Å². The van der Waals surface area contributed by atoms with Gasteiger partial charge in [0.25, 0.3) is 0 Å². The molecule has 4 aliphatic heterocycles. The van der Waals surface area contributed by atoms with Gasteiger partial charge in [0.1, 0.15) is 11.7 Å². The zero-order chi connectivity index (χ0) is 19.6. The topological polar surface area (TPSA) is 99.8 Å². The highest BCUT2D eigenvalue weighted by atomic mass is 16.6. The fourth-order valence-electron chi connectivity index (χ4n) is 5.25. The molecule has 0 amide bonds. The number of amidine groups is 2. The van der Waals surface area contributed by atoms with E-state index in [0.717, 1.165) is 38.5 Å². The largest absolute Gasteiger partial charge is 0.387 e. The average molecular weight is 378 g/mol. The Bertz CT molecular complexity index is 663. The van der Waals surface area contributed by atoms with Crippen LogP contribution in [0, 0.1) is 17.2 Å². The summed E-state index contributed by atoms with van der Waals surface area (Å²) in [5.74, 6) is 1.50. The van der Waals surface area contributed by atoms with Gasteiger partial charge >= 0.3 is 0 Å². The molecular formula is C21H35N3O3. The van der Waals surface area contributed by atoms with Crippen molar-refractivity contribution in [2.75, 3.05) is 0 Å². The summed E-state index contributed by atoms with van der Waals surface area (Å²) < 4.78 is 17.8. The minimum atomic E-state index is -0.0274. The Balaban J connectivity index is 0.000000872. The summed E-state index contributed by atoms with van der Waals surface area (Å²) in [5, 5.41) is 7.97. The number of nitrogens with two attached hydrogens (primary N) is 1. The molecule has 0 aromatic heterocycles. The fraction of sp³-hybridized carbons (Fsp3) is 0.905.